The molecule has 0 aromatic carbocycles. The molecular formula is C15H12N4S. The van der Waals surface area contributed by atoms with Gasteiger partial charge in [-0.3, -0.25) is 0 Å². The smallest absolute Gasteiger partial charge is 0.137 e. The summed E-state index contributed by atoms with van der Waals surface area (Å²) in [6, 6.07) is 9.82. The number of nitrogens with zero attached hydrogens (tertiary/aromatic N) is 4. The highest BCUT2D eigenvalue weighted by molar-refractivity contribution is 7.98. The Labute approximate surface area is 121 Å². The Hall–Kier alpha value is -2.32. The number of fused-ring (bicyclic) bond motifs is 1. The Morgan fingerprint density at radius 1 is 1.40 bits per heavy atom. The molecule has 0 aliphatic carbocycles. The van der Waals surface area contributed by atoms with Gasteiger partial charge in [0, 0.05) is 24.3 Å². The van der Waals surface area contributed by atoms with E-state index in [0.29, 0.717) is 11.3 Å². The zero-order valence-corrected chi connectivity index (χ0v) is 11.8. The number of aromatic nitrogens is 3. The summed E-state index contributed by atoms with van der Waals surface area (Å²) in [7, 11) is 0. The quantitative estimate of drug-likeness (QED) is 0.691. The molecule has 98 valence electrons. The third-order valence-electron chi connectivity index (χ3n) is 2.91. The summed E-state index contributed by atoms with van der Waals surface area (Å²) in [5, 5.41) is 9.79. The highest BCUT2D eigenvalue weighted by Crippen LogP contribution is 2.23. The van der Waals surface area contributed by atoms with Crippen molar-refractivity contribution in [1.82, 2.24) is 14.4 Å². The third kappa shape index (κ3) is 2.51. The zero-order valence-electron chi connectivity index (χ0n) is 10.9. The Kier molecular flexibility index (Phi) is 3.40. The summed E-state index contributed by atoms with van der Waals surface area (Å²) < 4.78 is 2.01. The van der Waals surface area contributed by atoms with Gasteiger partial charge in [0.2, 0.25) is 0 Å². The van der Waals surface area contributed by atoms with E-state index >= 15 is 0 Å². The fourth-order valence-electron chi connectivity index (χ4n) is 1.94. The summed E-state index contributed by atoms with van der Waals surface area (Å²) in [5.74, 6) is 0.701. The molecule has 3 aromatic rings. The SMILES string of the molecule is Cc1ccn2cc(CSc3ncccc3C#N)nc2c1. The minimum Gasteiger partial charge on any atom is -0.307 e. The first-order chi connectivity index (χ1) is 9.76. The predicted octanol–water partition coefficient (Wildman–Crippen LogP) is 3.20. The number of rotatable bonds is 3. The molecule has 3 heterocycles. The maximum absolute atomic E-state index is 9.04. The van der Waals surface area contributed by atoms with Crippen LogP contribution in [-0.2, 0) is 5.75 Å². The fourth-order valence-corrected chi connectivity index (χ4v) is 2.77. The van der Waals surface area contributed by atoms with E-state index in [9.17, 15) is 0 Å². The van der Waals surface area contributed by atoms with Crippen molar-refractivity contribution in [3.63, 3.8) is 0 Å². The normalized spacial score (nSPS) is 10.6. The molecule has 0 amide bonds. The van der Waals surface area contributed by atoms with E-state index in [1.54, 1.807) is 18.3 Å². The first-order valence-electron chi connectivity index (χ1n) is 6.18. The van der Waals surface area contributed by atoms with Crippen LogP contribution in [0.1, 0.15) is 16.8 Å². The molecule has 0 atom stereocenters. The van der Waals surface area contributed by atoms with Crippen LogP contribution >= 0.6 is 11.8 Å². The van der Waals surface area contributed by atoms with E-state index in [2.05, 4.69) is 35.1 Å². The number of nitriles is 1. The number of pyridine rings is 2. The van der Waals surface area contributed by atoms with Crippen molar-refractivity contribution in [2.45, 2.75) is 17.7 Å². The molecule has 0 spiro atoms. The average Bonchev–Trinajstić information content (AvgIpc) is 2.87. The summed E-state index contributed by atoms with van der Waals surface area (Å²) in [5.41, 5.74) is 3.73. The van der Waals surface area contributed by atoms with Crippen molar-refractivity contribution < 1.29 is 0 Å². The number of aryl methyl sites for hydroxylation is 1. The molecule has 0 saturated heterocycles. The Morgan fingerprint density at radius 2 is 2.30 bits per heavy atom. The van der Waals surface area contributed by atoms with Gasteiger partial charge in [0.05, 0.1) is 11.3 Å². The maximum Gasteiger partial charge on any atom is 0.137 e. The monoisotopic (exact) mass is 280 g/mol. The van der Waals surface area contributed by atoms with Crippen LogP contribution in [0.5, 0.6) is 0 Å². The minimum absolute atomic E-state index is 0.608. The first kappa shape index (κ1) is 12.7. The lowest BCUT2D eigenvalue weighted by atomic mass is 10.3. The van der Waals surface area contributed by atoms with Crippen molar-refractivity contribution in [2.75, 3.05) is 0 Å². The maximum atomic E-state index is 9.04. The van der Waals surface area contributed by atoms with Gasteiger partial charge in [0.25, 0.3) is 0 Å². The second-order valence-corrected chi connectivity index (χ2v) is 5.42. The lowest BCUT2D eigenvalue weighted by Gasteiger charge is -1.99. The van der Waals surface area contributed by atoms with Gasteiger partial charge in [-0.05, 0) is 36.8 Å². The summed E-state index contributed by atoms with van der Waals surface area (Å²) in [6.45, 7) is 2.05. The summed E-state index contributed by atoms with van der Waals surface area (Å²) in [6.07, 6.45) is 5.72. The molecule has 0 unspecified atom stereocenters. The standard InChI is InChI=1S/C15H12N4S/c1-11-4-6-19-9-13(18-14(19)7-11)10-20-15-12(8-16)3-2-5-17-15/h2-7,9H,10H2,1H3. The molecule has 0 N–H and O–H groups in total. The number of imidazole rings is 1. The second-order valence-electron chi connectivity index (χ2n) is 4.46. The van der Waals surface area contributed by atoms with Crippen LogP contribution in [0, 0.1) is 18.3 Å². The van der Waals surface area contributed by atoms with E-state index in [4.69, 9.17) is 5.26 Å². The number of hydrogen-bond donors (Lipinski definition) is 0. The Bertz CT molecular complexity index is 801. The number of hydrogen-bond acceptors (Lipinski definition) is 4. The second kappa shape index (κ2) is 5.35. The summed E-state index contributed by atoms with van der Waals surface area (Å²) >= 11 is 1.53. The van der Waals surface area contributed by atoms with Crippen molar-refractivity contribution >= 4 is 17.4 Å². The molecule has 0 fully saturated rings. The van der Waals surface area contributed by atoms with Gasteiger partial charge >= 0.3 is 0 Å². The van der Waals surface area contributed by atoms with Crippen molar-refractivity contribution in [2.24, 2.45) is 0 Å². The lowest BCUT2D eigenvalue weighted by molar-refractivity contribution is 1.10. The molecular weight excluding hydrogens is 268 g/mol. The molecule has 0 aliphatic heterocycles. The van der Waals surface area contributed by atoms with Gasteiger partial charge < -0.3 is 4.40 Å². The van der Waals surface area contributed by atoms with Gasteiger partial charge in [-0.2, -0.15) is 5.26 Å². The van der Waals surface area contributed by atoms with Crippen molar-refractivity contribution in [3.05, 3.63) is 59.7 Å². The molecule has 0 saturated carbocycles. The van der Waals surface area contributed by atoms with Crippen LogP contribution in [0.3, 0.4) is 0 Å². The van der Waals surface area contributed by atoms with Crippen LogP contribution in [0.15, 0.2) is 47.9 Å². The predicted molar refractivity (Wildman–Crippen MR) is 78.4 cm³/mol. The van der Waals surface area contributed by atoms with Crippen molar-refractivity contribution in [3.8, 4) is 6.07 Å². The van der Waals surface area contributed by atoms with E-state index in [-0.39, 0.29) is 0 Å². The molecule has 20 heavy (non-hydrogen) atoms. The average molecular weight is 280 g/mol. The Morgan fingerprint density at radius 3 is 3.15 bits per heavy atom. The van der Waals surface area contributed by atoms with Crippen LogP contribution in [0.25, 0.3) is 5.65 Å². The van der Waals surface area contributed by atoms with Gasteiger partial charge in [-0.1, -0.05) is 11.8 Å². The van der Waals surface area contributed by atoms with E-state index < -0.39 is 0 Å². The van der Waals surface area contributed by atoms with Gasteiger partial charge in [0.15, 0.2) is 0 Å². The van der Waals surface area contributed by atoms with Crippen LogP contribution in [0.4, 0.5) is 0 Å². The van der Waals surface area contributed by atoms with E-state index in [0.717, 1.165) is 16.4 Å². The van der Waals surface area contributed by atoms with Crippen LogP contribution in [0.2, 0.25) is 0 Å². The zero-order chi connectivity index (χ0) is 13.9. The van der Waals surface area contributed by atoms with E-state index in [1.165, 1.54) is 17.3 Å². The van der Waals surface area contributed by atoms with E-state index in [1.807, 2.05) is 16.8 Å². The molecule has 0 radical (unpaired) electrons. The van der Waals surface area contributed by atoms with Crippen LogP contribution < -0.4 is 0 Å². The largest absolute Gasteiger partial charge is 0.307 e. The Balaban J connectivity index is 1.82. The topological polar surface area (TPSA) is 54.0 Å². The van der Waals surface area contributed by atoms with Gasteiger partial charge in [-0.25, -0.2) is 9.97 Å². The number of thioether (sulfide) groups is 1. The fraction of sp³-hybridized carbons (Fsp3) is 0.133. The molecule has 3 rings (SSSR count). The molecule has 0 bridgehead atoms. The third-order valence-corrected chi connectivity index (χ3v) is 3.95. The molecule has 0 aliphatic rings. The van der Waals surface area contributed by atoms with Crippen LogP contribution in [-0.4, -0.2) is 14.4 Å². The highest BCUT2D eigenvalue weighted by Gasteiger charge is 2.06. The van der Waals surface area contributed by atoms with Gasteiger partial charge in [-0.15, -0.1) is 0 Å². The first-order valence-corrected chi connectivity index (χ1v) is 7.17. The molecule has 4 nitrogen and oxygen atoms in total. The van der Waals surface area contributed by atoms with Crippen molar-refractivity contribution in [1.29, 1.82) is 5.26 Å². The van der Waals surface area contributed by atoms with Gasteiger partial charge in [0.1, 0.15) is 16.7 Å². The molecule has 5 heteroatoms. The lowest BCUT2D eigenvalue weighted by Crippen LogP contribution is -1.87. The minimum atomic E-state index is 0.608. The highest BCUT2D eigenvalue weighted by atomic mass is 32.2. The summed E-state index contributed by atoms with van der Waals surface area (Å²) in [4.78, 5) is 8.81. The molecule has 3 aromatic heterocycles.